The van der Waals surface area contributed by atoms with E-state index in [1.165, 1.54) is 0 Å². The van der Waals surface area contributed by atoms with Gasteiger partial charge in [-0.05, 0) is 40.8 Å². The second-order valence-corrected chi connectivity index (χ2v) is 6.99. The summed E-state index contributed by atoms with van der Waals surface area (Å²) in [5.74, 6) is 1.37. The lowest BCUT2D eigenvalue weighted by Crippen LogP contribution is -2.49. The van der Waals surface area contributed by atoms with E-state index in [0.29, 0.717) is 32.2 Å². The number of anilines is 1. The molecule has 0 saturated carbocycles. The summed E-state index contributed by atoms with van der Waals surface area (Å²) < 4.78 is 11.3. The van der Waals surface area contributed by atoms with Crippen molar-refractivity contribution in [3.05, 3.63) is 45.5 Å². The Morgan fingerprint density at radius 3 is 2.50 bits per heavy atom. The van der Waals surface area contributed by atoms with E-state index in [1.807, 2.05) is 41.3 Å². The molecule has 1 amide bonds. The van der Waals surface area contributed by atoms with Gasteiger partial charge in [-0.15, -0.1) is 10.2 Å². The highest BCUT2D eigenvalue weighted by atomic mass is 127. The highest BCUT2D eigenvalue weighted by Crippen LogP contribution is 2.18. The van der Waals surface area contributed by atoms with Gasteiger partial charge in [-0.25, -0.2) is 0 Å². The molecule has 0 aliphatic carbocycles. The second-order valence-electron chi connectivity index (χ2n) is 5.83. The van der Waals surface area contributed by atoms with E-state index in [4.69, 9.17) is 9.47 Å². The van der Waals surface area contributed by atoms with Crippen molar-refractivity contribution in [3.8, 4) is 5.88 Å². The van der Waals surface area contributed by atoms with E-state index in [1.54, 1.807) is 7.11 Å². The minimum atomic E-state index is 0.0858. The first-order valence-corrected chi connectivity index (χ1v) is 9.51. The van der Waals surface area contributed by atoms with Crippen molar-refractivity contribution in [2.45, 2.75) is 0 Å². The fourth-order valence-corrected chi connectivity index (χ4v) is 3.35. The Morgan fingerprint density at radius 1 is 1.08 bits per heavy atom. The molecule has 1 aliphatic rings. The Bertz CT molecular complexity index is 733. The van der Waals surface area contributed by atoms with E-state index in [2.05, 4.69) is 37.7 Å². The van der Waals surface area contributed by atoms with Gasteiger partial charge in [0.05, 0.1) is 12.2 Å². The summed E-state index contributed by atoms with van der Waals surface area (Å²) in [5.41, 5.74) is 0.763. The van der Waals surface area contributed by atoms with Crippen molar-refractivity contribution in [2.75, 3.05) is 51.4 Å². The number of amides is 1. The van der Waals surface area contributed by atoms with Gasteiger partial charge >= 0.3 is 0 Å². The Labute approximate surface area is 166 Å². The lowest BCUT2D eigenvalue weighted by molar-refractivity contribution is 0.0745. The van der Waals surface area contributed by atoms with Crippen molar-refractivity contribution in [1.29, 1.82) is 0 Å². The summed E-state index contributed by atoms with van der Waals surface area (Å²) in [5, 5.41) is 8.32. The van der Waals surface area contributed by atoms with Crippen LogP contribution >= 0.6 is 22.6 Å². The average Bonchev–Trinajstić information content (AvgIpc) is 2.69. The number of hydrogen-bond donors (Lipinski definition) is 0. The average molecular weight is 468 g/mol. The van der Waals surface area contributed by atoms with Crippen LogP contribution in [0.2, 0.25) is 0 Å². The molecule has 0 spiro atoms. The van der Waals surface area contributed by atoms with Gasteiger partial charge in [-0.3, -0.25) is 4.79 Å². The maximum Gasteiger partial charge on any atom is 0.255 e. The molecule has 1 aromatic carbocycles. The maximum atomic E-state index is 12.7. The molecule has 7 nitrogen and oxygen atoms in total. The zero-order chi connectivity index (χ0) is 18.4. The zero-order valence-electron chi connectivity index (χ0n) is 14.6. The number of aromatic nitrogens is 2. The third kappa shape index (κ3) is 4.61. The van der Waals surface area contributed by atoms with E-state index >= 15 is 0 Å². The van der Waals surface area contributed by atoms with Crippen LogP contribution in [-0.4, -0.2) is 67.5 Å². The monoisotopic (exact) mass is 468 g/mol. The third-order valence-corrected chi connectivity index (χ3v) is 5.10. The molecule has 1 fully saturated rings. The van der Waals surface area contributed by atoms with Crippen molar-refractivity contribution in [3.63, 3.8) is 0 Å². The van der Waals surface area contributed by atoms with Gasteiger partial charge in [-0.1, -0.05) is 12.1 Å². The Morgan fingerprint density at radius 2 is 1.85 bits per heavy atom. The molecule has 2 aromatic rings. The van der Waals surface area contributed by atoms with Gasteiger partial charge < -0.3 is 19.3 Å². The Hall–Kier alpha value is -1.94. The van der Waals surface area contributed by atoms with E-state index < -0.39 is 0 Å². The van der Waals surface area contributed by atoms with E-state index in [-0.39, 0.29) is 5.91 Å². The number of benzene rings is 1. The van der Waals surface area contributed by atoms with Crippen molar-refractivity contribution < 1.29 is 14.3 Å². The number of methoxy groups -OCH3 is 1. The SMILES string of the molecule is COCCOc1ccc(N2CCN(C(=O)c3ccccc3I)CC2)nn1. The van der Waals surface area contributed by atoms with Crippen molar-refractivity contribution >= 4 is 34.3 Å². The number of carbonyl (C=O) groups excluding carboxylic acids is 1. The third-order valence-electron chi connectivity index (χ3n) is 4.16. The zero-order valence-corrected chi connectivity index (χ0v) is 16.8. The first-order chi connectivity index (χ1) is 12.7. The Kier molecular flexibility index (Phi) is 6.62. The fourth-order valence-electron chi connectivity index (χ4n) is 2.73. The molecule has 0 radical (unpaired) electrons. The van der Waals surface area contributed by atoms with Crippen LogP contribution in [-0.2, 0) is 4.74 Å². The molecule has 138 valence electrons. The molecule has 8 heteroatoms. The number of carbonyl (C=O) groups is 1. The first kappa shape index (κ1) is 18.8. The van der Waals surface area contributed by atoms with Gasteiger partial charge in [-0.2, -0.15) is 0 Å². The molecule has 1 aliphatic heterocycles. The van der Waals surface area contributed by atoms with Crippen molar-refractivity contribution in [1.82, 2.24) is 15.1 Å². The van der Waals surface area contributed by atoms with Crippen LogP contribution in [0.3, 0.4) is 0 Å². The van der Waals surface area contributed by atoms with Crippen LogP contribution < -0.4 is 9.64 Å². The topological polar surface area (TPSA) is 67.8 Å². The predicted octanol–water partition coefficient (Wildman–Crippen LogP) is 2.07. The van der Waals surface area contributed by atoms with Crippen LogP contribution in [0.5, 0.6) is 5.88 Å². The summed E-state index contributed by atoms with van der Waals surface area (Å²) in [6, 6.07) is 11.4. The lowest BCUT2D eigenvalue weighted by atomic mass is 10.2. The highest BCUT2D eigenvalue weighted by Gasteiger charge is 2.24. The summed E-state index contributed by atoms with van der Waals surface area (Å²) in [4.78, 5) is 16.7. The van der Waals surface area contributed by atoms with Crippen LogP contribution in [0.4, 0.5) is 5.82 Å². The van der Waals surface area contributed by atoms with Crippen LogP contribution in [0.25, 0.3) is 0 Å². The summed E-state index contributed by atoms with van der Waals surface area (Å²) >= 11 is 2.20. The minimum Gasteiger partial charge on any atom is -0.474 e. The van der Waals surface area contributed by atoms with Crippen molar-refractivity contribution in [2.24, 2.45) is 0 Å². The second kappa shape index (κ2) is 9.13. The number of piperazine rings is 1. The molecule has 0 unspecified atom stereocenters. The number of halogens is 1. The summed E-state index contributed by atoms with van der Waals surface area (Å²) in [7, 11) is 1.63. The molecule has 3 rings (SSSR count). The summed E-state index contributed by atoms with van der Waals surface area (Å²) in [6.07, 6.45) is 0. The van der Waals surface area contributed by atoms with Crippen LogP contribution in [0.15, 0.2) is 36.4 Å². The normalized spacial score (nSPS) is 14.4. The smallest absolute Gasteiger partial charge is 0.255 e. The van der Waals surface area contributed by atoms with Crippen LogP contribution in [0.1, 0.15) is 10.4 Å². The van der Waals surface area contributed by atoms with E-state index in [9.17, 15) is 4.79 Å². The van der Waals surface area contributed by atoms with Gasteiger partial charge in [0.1, 0.15) is 6.61 Å². The molecular formula is C18H21IN4O3. The van der Waals surface area contributed by atoms with Gasteiger partial charge in [0.15, 0.2) is 5.82 Å². The van der Waals surface area contributed by atoms with Gasteiger partial charge in [0.2, 0.25) is 5.88 Å². The number of ether oxygens (including phenoxy) is 2. The fraction of sp³-hybridized carbons (Fsp3) is 0.389. The highest BCUT2D eigenvalue weighted by molar-refractivity contribution is 14.1. The number of rotatable bonds is 6. The Balaban J connectivity index is 1.55. The standard InChI is InChI=1S/C18H21IN4O3/c1-25-12-13-26-17-7-6-16(20-21-17)22-8-10-23(11-9-22)18(24)14-4-2-3-5-15(14)19/h2-7H,8-13H2,1H3. The van der Waals surface area contributed by atoms with Gasteiger partial charge in [0, 0.05) is 42.9 Å². The molecular weight excluding hydrogens is 447 g/mol. The molecule has 0 N–H and O–H groups in total. The van der Waals surface area contributed by atoms with Crippen LogP contribution in [0, 0.1) is 3.57 Å². The molecule has 1 saturated heterocycles. The molecule has 26 heavy (non-hydrogen) atoms. The number of hydrogen-bond acceptors (Lipinski definition) is 6. The first-order valence-electron chi connectivity index (χ1n) is 8.43. The van der Waals surface area contributed by atoms with E-state index in [0.717, 1.165) is 28.0 Å². The molecule has 0 bridgehead atoms. The molecule has 2 heterocycles. The minimum absolute atomic E-state index is 0.0858. The quantitative estimate of drug-likeness (QED) is 0.478. The number of nitrogens with zero attached hydrogens (tertiary/aromatic N) is 4. The largest absolute Gasteiger partial charge is 0.474 e. The molecule has 1 aromatic heterocycles. The predicted molar refractivity (Wildman–Crippen MR) is 107 cm³/mol. The lowest BCUT2D eigenvalue weighted by Gasteiger charge is -2.35. The van der Waals surface area contributed by atoms with Gasteiger partial charge in [0.25, 0.3) is 5.91 Å². The maximum absolute atomic E-state index is 12.7. The molecule has 0 atom stereocenters. The summed E-state index contributed by atoms with van der Waals surface area (Å²) in [6.45, 7) is 3.75.